The Morgan fingerprint density at radius 1 is 1.05 bits per heavy atom. The van der Waals surface area contributed by atoms with Gasteiger partial charge >= 0.3 is 0 Å². The number of hydrogen-bond acceptors (Lipinski definition) is 5. The van der Waals surface area contributed by atoms with E-state index in [1.807, 2.05) is 39.8 Å². The Hall–Kier alpha value is -0.980. The summed E-state index contributed by atoms with van der Waals surface area (Å²) in [6.07, 6.45) is 0. The number of hydrazine groups is 1. The van der Waals surface area contributed by atoms with Crippen LogP contribution in [0.2, 0.25) is 0 Å². The van der Waals surface area contributed by atoms with Crippen molar-refractivity contribution in [2.45, 2.75) is 20.8 Å². The van der Waals surface area contributed by atoms with Crippen LogP contribution in [-0.4, -0.2) is 68.9 Å². The molecule has 0 spiro atoms. The molecular weight excluding hydrogens is 244 g/mol. The molecule has 0 saturated heterocycles. The standard InChI is InChI=1S/C13H28N4O2/c1-13(2,3)11(18)9-15-10-12(19)17(14-4)8-7-16(5)6/h14-15H,7-10H2,1-6H3. The molecule has 0 rings (SSSR count). The van der Waals surface area contributed by atoms with E-state index in [-0.39, 0.29) is 30.2 Å². The highest BCUT2D eigenvalue weighted by Crippen LogP contribution is 2.13. The van der Waals surface area contributed by atoms with Gasteiger partial charge in [0.15, 0.2) is 5.78 Å². The van der Waals surface area contributed by atoms with Gasteiger partial charge in [0.05, 0.1) is 19.6 Å². The number of nitrogens with one attached hydrogen (secondary N) is 2. The number of nitrogens with zero attached hydrogens (tertiary/aromatic N) is 2. The summed E-state index contributed by atoms with van der Waals surface area (Å²) in [6, 6.07) is 0. The summed E-state index contributed by atoms with van der Waals surface area (Å²) >= 11 is 0. The normalized spacial score (nSPS) is 11.7. The van der Waals surface area contributed by atoms with Gasteiger partial charge in [-0.15, -0.1) is 0 Å². The maximum Gasteiger partial charge on any atom is 0.250 e. The van der Waals surface area contributed by atoms with Crippen LogP contribution in [0.3, 0.4) is 0 Å². The molecule has 0 aliphatic heterocycles. The van der Waals surface area contributed by atoms with Crippen LogP contribution in [0.15, 0.2) is 0 Å². The molecule has 6 nitrogen and oxygen atoms in total. The number of carbonyl (C=O) groups excluding carboxylic acids is 2. The summed E-state index contributed by atoms with van der Waals surface area (Å²) in [5.41, 5.74) is 2.49. The maximum atomic E-state index is 11.9. The van der Waals surface area contributed by atoms with Crippen molar-refractivity contribution in [1.82, 2.24) is 20.7 Å². The molecule has 19 heavy (non-hydrogen) atoms. The number of carbonyl (C=O) groups is 2. The number of ketones is 1. The first-order valence-corrected chi connectivity index (χ1v) is 6.55. The molecule has 6 heteroatoms. The van der Waals surface area contributed by atoms with E-state index in [0.717, 1.165) is 6.54 Å². The lowest BCUT2D eigenvalue weighted by Crippen LogP contribution is -2.48. The van der Waals surface area contributed by atoms with Crippen LogP contribution in [0, 0.1) is 5.41 Å². The first kappa shape index (κ1) is 18.0. The quantitative estimate of drug-likeness (QED) is 0.595. The summed E-state index contributed by atoms with van der Waals surface area (Å²) in [7, 11) is 5.63. The Kier molecular flexibility index (Phi) is 7.82. The number of amides is 1. The minimum absolute atomic E-state index is 0.0638. The van der Waals surface area contributed by atoms with E-state index in [1.54, 1.807) is 12.1 Å². The van der Waals surface area contributed by atoms with Crippen molar-refractivity contribution < 1.29 is 9.59 Å². The monoisotopic (exact) mass is 272 g/mol. The highest BCUT2D eigenvalue weighted by atomic mass is 16.2. The molecule has 2 N–H and O–H groups in total. The van der Waals surface area contributed by atoms with Crippen LogP contribution in [0.5, 0.6) is 0 Å². The highest BCUT2D eigenvalue weighted by Gasteiger charge is 2.21. The zero-order chi connectivity index (χ0) is 15.1. The molecule has 0 unspecified atom stereocenters. The molecule has 0 aromatic heterocycles. The minimum atomic E-state index is -0.371. The molecule has 0 fully saturated rings. The van der Waals surface area contributed by atoms with E-state index >= 15 is 0 Å². The lowest BCUT2D eigenvalue weighted by Gasteiger charge is -2.23. The van der Waals surface area contributed by atoms with Gasteiger partial charge in [0.1, 0.15) is 0 Å². The van der Waals surface area contributed by atoms with Gasteiger partial charge in [0.25, 0.3) is 5.91 Å². The smallest absolute Gasteiger partial charge is 0.250 e. The van der Waals surface area contributed by atoms with Gasteiger partial charge < -0.3 is 10.2 Å². The van der Waals surface area contributed by atoms with Crippen LogP contribution in [0.4, 0.5) is 0 Å². The lowest BCUT2D eigenvalue weighted by atomic mass is 9.91. The maximum absolute atomic E-state index is 11.9. The minimum Gasteiger partial charge on any atom is -0.308 e. The first-order chi connectivity index (χ1) is 8.68. The number of rotatable bonds is 8. The molecule has 112 valence electrons. The van der Waals surface area contributed by atoms with Crippen molar-refractivity contribution in [2.24, 2.45) is 5.41 Å². The van der Waals surface area contributed by atoms with Crippen molar-refractivity contribution >= 4 is 11.7 Å². The van der Waals surface area contributed by atoms with Crippen LogP contribution in [-0.2, 0) is 9.59 Å². The second kappa shape index (κ2) is 8.24. The van der Waals surface area contributed by atoms with Gasteiger partial charge in [-0.05, 0) is 14.1 Å². The van der Waals surface area contributed by atoms with Crippen molar-refractivity contribution in [3.05, 3.63) is 0 Å². The third-order valence-electron chi connectivity index (χ3n) is 2.74. The summed E-state index contributed by atoms with van der Waals surface area (Å²) in [6.45, 7) is 7.39. The molecule has 0 bridgehead atoms. The van der Waals surface area contributed by atoms with E-state index in [0.29, 0.717) is 6.54 Å². The van der Waals surface area contributed by atoms with Crippen molar-refractivity contribution in [3.63, 3.8) is 0 Å². The van der Waals surface area contributed by atoms with Gasteiger partial charge in [-0.3, -0.25) is 14.6 Å². The van der Waals surface area contributed by atoms with Crippen molar-refractivity contribution in [2.75, 3.05) is 47.3 Å². The Bertz CT molecular complexity index is 298. The molecular formula is C13H28N4O2. The van der Waals surface area contributed by atoms with Crippen LogP contribution in [0.1, 0.15) is 20.8 Å². The number of likely N-dealkylation sites (N-methyl/N-ethyl adjacent to an activating group) is 1. The Labute approximate surface area is 116 Å². The number of hydrogen-bond donors (Lipinski definition) is 2. The summed E-state index contributed by atoms with van der Waals surface area (Å²) in [4.78, 5) is 25.6. The fourth-order valence-electron chi connectivity index (χ4n) is 1.30. The van der Waals surface area contributed by atoms with E-state index in [2.05, 4.69) is 10.7 Å². The SMILES string of the molecule is CNN(CCN(C)C)C(=O)CNCC(=O)C(C)(C)C. The van der Waals surface area contributed by atoms with Crippen LogP contribution >= 0.6 is 0 Å². The largest absolute Gasteiger partial charge is 0.308 e. The molecule has 0 heterocycles. The van der Waals surface area contributed by atoms with E-state index in [1.165, 1.54) is 0 Å². The van der Waals surface area contributed by atoms with Gasteiger partial charge in [-0.2, -0.15) is 0 Å². The van der Waals surface area contributed by atoms with Gasteiger partial charge in [0.2, 0.25) is 0 Å². The zero-order valence-corrected chi connectivity index (χ0v) is 13.0. The molecule has 0 saturated carbocycles. The van der Waals surface area contributed by atoms with E-state index in [9.17, 15) is 9.59 Å². The van der Waals surface area contributed by atoms with Crippen molar-refractivity contribution in [1.29, 1.82) is 0 Å². The Morgan fingerprint density at radius 3 is 2.05 bits per heavy atom. The first-order valence-electron chi connectivity index (χ1n) is 6.55. The molecule has 1 amide bonds. The molecule has 0 aromatic carbocycles. The average molecular weight is 272 g/mol. The third-order valence-corrected chi connectivity index (χ3v) is 2.74. The highest BCUT2D eigenvalue weighted by molar-refractivity contribution is 5.86. The average Bonchev–Trinajstić information content (AvgIpc) is 2.27. The lowest BCUT2D eigenvalue weighted by molar-refractivity contribution is -0.133. The molecule has 0 aliphatic carbocycles. The molecule has 0 aromatic rings. The fourth-order valence-corrected chi connectivity index (χ4v) is 1.30. The predicted molar refractivity (Wildman–Crippen MR) is 76.7 cm³/mol. The molecule has 0 radical (unpaired) electrons. The predicted octanol–water partition coefficient (Wildman–Crippen LogP) is -0.284. The fraction of sp³-hybridized carbons (Fsp3) is 0.846. The number of Topliss-reactive ketones (excluding diaryl/α,β-unsaturated/α-hetero) is 1. The topological polar surface area (TPSA) is 64.7 Å². The van der Waals surface area contributed by atoms with Crippen LogP contribution in [0.25, 0.3) is 0 Å². The zero-order valence-electron chi connectivity index (χ0n) is 13.0. The summed E-state index contributed by atoms with van der Waals surface area (Å²) in [5, 5.41) is 4.45. The third kappa shape index (κ3) is 7.92. The van der Waals surface area contributed by atoms with Crippen LogP contribution < -0.4 is 10.7 Å². The second-order valence-corrected chi connectivity index (χ2v) is 5.85. The summed E-state index contributed by atoms with van der Waals surface area (Å²) in [5.74, 6) is 0.0376. The molecule has 0 atom stereocenters. The summed E-state index contributed by atoms with van der Waals surface area (Å²) < 4.78 is 0. The van der Waals surface area contributed by atoms with Gasteiger partial charge in [-0.1, -0.05) is 20.8 Å². The van der Waals surface area contributed by atoms with Crippen molar-refractivity contribution in [3.8, 4) is 0 Å². The second-order valence-electron chi connectivity index (χ2n) is 5.85. The Balaban J connectivity index is 4.04. The molecule has 0 aliphatic rings. The van der Waals surface area contributed by atoms with Gasteiger partial charge in [-0.25, -0.2) is 5.43 Å². The Morgan fingerprint density at radius 2 is 1.63 bits per heavy atom. The van der Waals surface area contributed by atoms with E-state index < -0.39 is 0 Å². The van der Waals surface area contributed by atoms with Gasteiger partial charge in [0, 0.05) is 19.0 Å². The van der Waals surface area contributed by atoms with E-state index in [4.69, 9.17) is 0 Å².